The molecule has 1 amide bonds. The third-order valence-corrected chi connectivity index (χ3v) is 6.41. The number of aromatic nitrogens is 1. The van der Waals surface area contributed by atoms with Crippen LogP contribution in [0.5, 0.6) is 0 Å². The second kappa shape index (κ2) is 10.1. The molecule has 0 unspecified atom stereocenters. The van der Waals surface area contributed by atoms with Gasteiger partial charge in [0.05, 0.1) is 34.8 Å². The molecular formula is C21H22F2N2O3S2. The second-order valence-electron chi connectivity index (χ2n) is 6.67. The lowest BCUT2D eigenvalue weighted by molar-refractivity contribution is -0.144. The topological polar surface area (TPSA) is 59.5 Å². The molecule has 2 aromatic heterocycles. The molecule has 0 radical (unpaired) electrons. The molecule has 5 nitrogen and oxygen atoms in total. The largest absolute Gasteiger partial charge is 0.466 e. The summed E-state index contributed by atoms with van der Waals surface area (Å²) in [6, 6.07) is 3.95. The van der Waals surface area contributed by atoms with Gasteiger partial charge in [0.1, 0.15) is 16.6 Å². The number of ether oxygens (including phenoxy) is 1. The van der Waals surface area contributed by atoms with Crippen molar-refractivity contribution in [3.63, 3.8) is 0 Å². The first-order chi connectivity index (χ1) is 14.4. The lowest BCUT2D eigenvalue weighted by Gasteiger charge is -2.19. The fraction of sp³-hybridized carbons (Fsp3) is 0.381. The molecule has 0 fully saturated rings. The average Bonchev–Trinajstić information content (AvgIpc) is 3.31. The Balaban J connectivity index is 1.85. The van der Waals surface area contributed by atoms with Crippen LogP contribution < -0.4 is 4.90 Å². The molecule has 3 rings (SSSR count). The number of fused-ring (bicyclic) bond motifs is 1. The SMILES string of the molecule is CCCc1csc(N(Cc2nc3cc(F)cc(F)c3s2)C(=O)CCC(=O)OCC)c1. The van der Waals surface area contributed by atoms with Gasteiger partial charge in [-0.05, 0) is 30.4 Å². The molecule has 0 aliphatic carbocycles. The monoisotopic (exact) mass is 452 g/mol. The fourth-order valence-electron chi connectivity index (χ4n) is 3.00. The van der Waals surface area contributed by atoms with Crippen molar-refractivity contribution in [2.75, 3.05) is 11.5 Å². The summed E-state index contributed by atoms with van der Waals surface area (Å²) >= 11 is 2.52. The number of benzene rings is 1. The Morgan fingerprint density at radius 2 is 1.97 bits per heavy atom. The first kappa shape index (κ1) is 22.3. The first-order valence-corrected chi connectivity index (χ1v) is 11.4. The highest BCUT2D eigenvalue weighted by Crippen LogP contribution is 2.31. The van der Waals surface area contributed by atoms with E-state index in [1.165, 1.54) is 17.4 Å². The molecule has 1 aromatic carbocycles. The van der Waals surface area contributed by atoms with Crippen LogP contribution >= 0.6 is 22.7 Å². The number of thiophene rings is 1. The zero-order valence-corrected chi connectivity index (χ0v) is 18.4. The van der Waals surface area contributed by atoms with E-state index in [1.807, 2.05) is 11.4 Å². The Hall–Kier alpha value is -2.39. The molecule has 0 bridgehead atoms. The number of esters is 1. The normalized spacial score (nSPS) is 11.1. The lowest BCUT2D eigenvalue weighted by atomic mass is 10.2. The highest BCUT2D eigenvalue weighted by molar-refractivity contribution is 7.18. The summed E-state index contributed by atoms with van der Waals surface area (Å²) in [4.78, 5) is 30.4. The minimum absolute atomic E-state index is 0.00622. The van der Waals surface area contributed by atoms with E-state index in [0.29, 0.717) is 5.01 Å². The van der Waals surface area contributed by atoms with Gasteiger partial charge in [-0.15, -0.1) is 22.7 Å². The van der Waals surface area contributed by atoms with Crippen LogP contribution in [0.1, 0.15) is 43.7 Å². The molecule has 0 atom stereocenters. The van der Waals surface area contributed by atoms with E-state index in [-0.39, 0.29) is 42.1 Å². The summed E-state index contributed by atoms with van der Waals surface area (Å²) in [7, 11) is 0. The molecular weight excluding hydrogens is 430 g/mol. The standard InChI is InChI=1S/C21H22F2N2O3S2/c1-3-5-13-8-19(29-12-13)25(18(26)6-7-20(27)28-4-2)11-17-24-16-10-14(22)9-15(23)21(16)30-17/h8-10,12H,3-7,11H2,1-2H3. The van der Waals surface area contributed by atoms with Crippen LogP contribution in [-0.2, 0) is 27.3 Å². The Morgan fingerprint density at radius 1 is 1.17 bits per heavy atom. The Bertz CT molecular complexity index is 1050. The highest BCUT2D eigenvalue weighted by atomic mass is 32.1. The van der Waals surface area contributed by atoms with Crippen molar-refractivity contribution in [3.05, 3.63) is 45.8 Å². The van der Waals surface area contributed by atoms with Gasteiger partial charge in [-0.25, -0.2) is 13.8 Å². The summed E-state index contributed by atoms with van der Waals surface area (Å²) in [5.41, 5.74) is 1.35. The maximum Gasteiger partial charge on any atom is 0.306 e. The number of amides is 1. The summed E-state index contributed by atoms with van der Waals surface area (Å²) in [6.45, 7) is 4.17. The number of aryl methyl sites for hydroxylation is 1. The van der Waals surface area contributed by atoms with Crippen molar-refractivity contribution < 1.29 is 23.1 Å². The van der Waals surface area contributed by atoms with Crippen molar-refractivity contribution >= 4 is 49.8 Å². The fourth-order valence-corrected chi connectivity index (χ4v) is 4.91. The van der Waals surface area contributed by atoms with Gasteiger partial charge in [0.25, 0.3) is 0 Å². The van der Waals surface area contributed by atoms with Crippen LogP contribution in [0.4, 0.5) is 13.8 Å². The molecule has 30 heavy (non-hydrogen) atoms. The summed E-state index contributed by atoms with van der Waals surface area (Å²) in [5, 5.41) is 3.22. The number of rotatable bonds is 9. The Kier molecular flexibility index (Phi) is 7.49. The van der Waals surface area contributed by atoms with Crippen LogP contribution in [0.25, 0.3) is 10.2 Å². The van der Waals surface area contributed by atoms with Gasteiger partial charge in [-0.1, -0.05) is 13.3 Å². The minimum atomic E-state index is -0.693. The zero-order valence-electron chi connectivity index (χ0n) is 16.7. The van der Waals surface area contributed by atoms with Gasteiger partial charge < -0.3 is 4.74 Å². The van der Waals surface area contributed by atoms with Crippen molar-refractivity contribution in [3.8, 4) is 0 Å². The molecule has 3 aromatic rings. The van der Waals surface area contributed by atoms with E-state index in [2.05, 4.69) is 11.9 Å². The van der Waals surface area contributed by atoms with E-state index in [1.54, 1.807) is 11.8 Å². The van der Waals surface area contributed by atoms with Crippen molar-refractivity contribution in [2.45, 2.75) is 46.1 Å². The first-order valence-electron chi connectivity index (χ1n) is 9.69. The van der Waals surface area contributed by atoms with Gasteiger partial charge in [0.15, 0.2) is 0 Å². The van der Waals surface area contributed by atoms with Crippen LogP contribution in [0, 0.1) is 11.6 Å². The van der Waals surface area contributed by atoms with Crippen LogP contribution in [0.2, 0.25) is 0 Å². The van der Waals surface area contributed by atoms with E-state index in [4.69, 9.17) is 4.74 Å². The molecule has 0 aliphatic heterocycles. The van der Waals surface area contributed by atoms with E-state index < -0.39 is 17.6 Å². The zero-order chi connectivity index (χ0) is 21.7. The molecule has 160 valence electrons. The number of halogens is 2. The Morgan fingerprint density at radius 3 is 2.70 bits per heavy atom. The number of nitrogens with zero attached hydrogens (tertiary/aromatic N) is 2. The van der Waals surface area contributed by atoms with Crippen molar-refractivity contribution in [1.82, 2.24) is 4.98 Å². The summed E-state index contributed by atoms with van der Waals surface area (Å²) in [5.74, 6) is -2.04. The quantitative estimate of drug-likeness (QED) is 0.404. The second-order valence-corrected chi connectivity index (χ2v) is 8.64. The van der Waals surface area contributed by atoms with Crippen molar-refractivity contribution in [2.24, 2.45) is 0 Å². The number of carbonyl (C=O) groups excluding carboxylic acids is 2. The van der Waals surface area contributed by atoms with E-state index >= 15 is 0 Å². The van der Waals surface area contributed by atoms with Gasteiger partial charge in [0, 0.05) is 18.6 Å². The Labute approximate surface area is 181 Å². The third-order valence-electron chi connectivity index (χ3n) is 4.34. The molecule has 0 saturated heterocycles. The maximum atomic E-state index is 14.1. The molecule has 0 spiro atoms. The predicted octanol–water partition coefficient (Wildman–Crippen LogP) is 5.47. The number of hydrogen-bond acceptors (Lipinski definition) is 6. The summed E-state index contributed by atoms with van der Waals surface area (Å²) < 4.78 is 32.7. The van der Waals surface area contributed by atoms with Crippen LogP contribution in [0.3, 0.4) is 0 Å². The smallest absolute Gasteiger partial charge is 0.306 e. The number of carbonyl (C=O) groups is 2. The average molecular weight is 453 g/mol. The lowest BCUT2D eigenvalue weighted by Crippen LogP contribution is -2.30. The van der Waals surface area contributed by atoms with Crippen LogP contribution in [0.15, 0.2) is 23.6 Å². The third kappa shape index (κ3) is 5.40. The molecule has 0 aliphatic rings. The molecule has 0 saturated carbocycles. The maximum absolute atomic E-state index is 14.1. The molecule has 9 heteroatoms. The predicted molar refractivity (Wildman–Crippen MR) is 115 cm³/mol. The van der Waals surface area contributed by atoms with Gasteiger partial charge >= 0.3 is 5.97 Å². The van der Waals surface area contributed by atoms with E-state index in [9.17, 15) is 18.4 Å². The summed E-state index contributed by atoms with van der Waals surface area (Å²) in [6.07, 6.45) is 1.85. The highest BCUT2D eigenvalue weighted by Gasteiger charge is 2.22. The number of anilines is 1. The van der Waals surface area contributed by atoms with Crippen LogP contribution in [-0.4, -0.2) is 23.5 Å². The minimum Gasteiger partial charge on any atom is -0.466 e. The van der Waals surface area contributed by atoms with Gasteiger partial charge in [-0.2, -0.15) is 0 Å². The molecule has 2 heterocycles. The van der Waals surface area contributed by atoms with E-state index in [0.717, 1.165) is 40.8 Å². The number of hydrogen-bond donors (Lipinski definition) is 0. The van der Waals surface area contributed by atoms with Gasteiger partial charge in [0.2, 0.25) is 5.91 Å². The van der Waals surface area contributed by atoms with Crippen molar-refractivity contribution in [1.29, 1.82) is 0 Å². The molecule has 0 N–H and O–H groups in total. The van der Waals surface area contributed by atoms with Gasteiger partial charge in [-0.3, -0.25) is 14.5 Å². The number of thiazole rings is 1.